The van der Waals surface area contributed by atoms with Crippen molar-refractivity contribution in [2.75, 3.05) is 0 Å². The van der Waals surface area contributed by atoms with E-state index in [4.69, 9.17) is 4.74 Å². The summed E-state index contributed by atoms with van der Waals surface area (Å²) < 4.78 is 7.58. The van der Waals surface area contributed by atoms with Crippen LogP contribution in [0.5, 0.6) is 11.8 Å². The molecular weight excluding hydrogens is 360 g/mol. The summed E-state index contributed by atoms with van der Waals surface area (Å²) in [7, 11) is 0. The third kappa shape index (κ3) is 3.29. The highest BCUT2D eigenvalue weighted by Gasteiger charge is 2.10. The first-order valence-corrected chi connectivity index (χ1v) is 7.09. The number of halogens is 2. The molecule has 0 aliphatic heterocycles. The number of hydrogen-bond donors (Lipinski definition) is 0. The zero-order valence-electron chi connectivity index (χ0n) is 10.0. The Bertz CT molecular complexity index is 541. The second kappa shape index (κ2) is 5.80. The van der Waals surface area contributed by atoms with E-state index in [2.05, 4.69) is 61.7 Å². The lowest BCUT2D eigenvalue weighted by molar-refractivity contribution is 0.434. The normalized spacial score (nSPS) is 10.7. The summed E-state index contributed by atoms with van der Waals surface area (Å²) in [6.45, 7) is 4.24. The first-order valence-electron chi connectivity index (χ1n) is 5.51. The first-order chi connectivity index (χ1) is 8.56. The van der Waals surface area contributed by atoms with E-state index in [0.717, 1.165) is 20.3 Å². The summed E-state index contributed by atoms with van der Waals surface area (Å²) >= 11 is 6.76. The highest BCUT2D eigenvalue weighted by Crippen LogP contribution is 2.31. The minimum Gasteiger partial charge on any atom is -0.424 e. The molecule has 2 aromatic rings. The fourth-order valence-corrected chi connectivity index (χ4v) is 2.10. The molecule has 94 valence electrons. The van der Waals surface area contributed by atoms with E-state index in [1.165, 1.54) is 0 Å². The van der Waals surface area contributed by atoms with Gasteiger partial charge < -0.3 is 4.74 Å². The smallest absolute Gasteiger partial charge is 0.321 e. The van der Waals surface area contributed by atoms with Crippen molar-refractivity contribution in [2.24, 2.45) is 0 Å². The predicted molar refractivity (Wildman–Crippen MR) is 78.0 cm³/mol. The Labute approximate surface area is 123 Å². The molecule has 0 atom stereocenters. The van der Waals surface area contributed by atoms with Gasteiger partial charge in [0.25, 0.3) is 0 Å². The van der Waals surface area contributed by atoms with Crippen molar-refractivity contribution in [1.82, 2.24) is 9.97 Å². The zero-order valence-corrected chi connectivity index (χ0v) is 13.2. The van der Waals surface area contributed by atoms with Crippen LogP contribution in [0.25, 0.3) is 0 Å². The average molecular weight is 372 g/mol. The Morgan fingerprint density at radius 2 is 1.72 bits per heavy atom. The van der Waals surface area contributed by atoms with Gasteiger partial charge in [-0.3, -0.25) is 0 Å². The van der Waals surface area contributed by atoms with Crippen molar-refractivity contribution in [2.45, 2.75) is 19.8 Å². The van der Waals surface area contributed by atoms with Crippen LogP contribution in [0.4, 0.5) is 0 Å². The van der Waals surface area contributed by atoms with E-state index >= 15 is 0 Å². The maximum atomic E-state index is 5.72. The Hall–Kier alpha value is -0.940. The van der Waals surface area contributed by atoms with Crippen molar-refractivity contribution >= 4 is 31.9 Å². The van der Waals surface area contributed by atoms with Gasteiger partial charge in [0.1, 0.15) is 5.75 Å². The lowest BCUT2D eigenvalue weighted by Crippen LogP contribution is -1.96. The highest BCUT2D eigenvalue weighted by molar-refractivity contribution is 9.10. The topological polar surface area (TPSA) is 35.0 Å². The van der Waals surface area contributed by atoms with Crippen LogP contribution in [0.1, 0.15) is 25.3 Å². The van der Waals surface area contributed by atoms with E-state index in [9.17, 15) is 0 Å². The largest absolute Gasteiger partial charge is 0.424 e. The predicted octanol–water partition coefficient (Wildman–Crippen LogP) is 4.92. The molecule has 0 fully saturated rings. The van der Waals surface area contributed by atoms with Gasteiger partial charge in [-0.2, -0.15) is 0 Å². The standard InChI is InChI=1S/C13H12Br2N2O/c1-8(2)11-5-9(14)3-4-12(11)18-13-16-6-10(15)7-17-13/h3-8H,1-2H3. The van der Waals surface area contributed by atoms with E-state index in [1.807, 2.05) is 12.1 Å². The molecular formula is C13H12Br2N2O. The average Bonchev–Trinajstić information content (AvgIpc) is 2.34. The monoisotopic (exact) mass is 370 g/mol. The highest BCUT2D eigenvalue weighted by atomic mass is 79.9. The van der Waals surface area contributed by atoms with Crippen LogP contribution in [-0.2, 0) is 0 Å². The van der Waals surface area contributed by atoms with Crippen LogP contribution in [0.3, 0.4) is 0 Å². The van der Waals surface area contributed by atoms with E-state index in [-0.39, 0.29) is 0 Å². The van der Waals surface area contributed by atoms with Crippen molar-refractivity contribution in [1.29, 1.82) is 0 Å². The number of aromatic nitrogens is 2. The van der Waals surface area contributed by atoms with Crippen molar-refractivity contribution in [3.63, 3.8) is 0 Å². The van der Waals surface area contributed by atoms with Crippen LogP contribution in [0, 0.1) is 0 Å². The van der Waals surface area contributed by atoms with E-state index in [1.54, 1.807) is 12.4 Å². The van der Waals surface area contributed by atoms with Gasteiger partial charge in [0.15, 0.2) is 0 Å². The molecule has 0 unspecified atom stereocenters. The molecule has 0 amide bonds. The molecule has 0 N–H and O–H groups in total. The summed E-state index contributed by atoms with van der Waals surface area (Å²) in [5.74, 6) is 1.16. The van der Waals surface area contributed by atoms with Gasteiger partial charge in [-0.25, -0.2) is 9.97 Å². The molecule has 1 heterocycles. The van der Waals surface area contributed by atoms with Crippen molar-refractivity contribution in [3.05, 3.63) is 45.1 Å². The lowest BCUT2D eigenvalue weighted by Gasteiger charge is -2.12. The van der Waals surface area contributed by atoms with Gasteiger partial charge in [0.2, 0.25) is 0 Å². The molecule has 5 heteroatoms. The van der Waals surface area contributed by atoms with E-state index < -0.39 is 0 Å². The van der Waals surface area contributed by atoms with Gasteiger partial charge in [0, 0.05) is 16.9 Å². The molecule has 0 radical (unpaired) electrons. The summed E-state index contributed by atoms with van der Waals surface area (Å²) in [5.41, 5.74) is 1.12. The number of hydrogen-bond acceptors (Lipinski definition) is 3. The minimum atomic E-state index is 0.349. The van der Waals surface area contributed by atoms with E-state index in [0.29, 0.717) is 11.9 Å². The number of rotatable bonds is 3. The fraction of sp³-hybridized carbons (Fsp3) is 0.231. The molecule has 0 saturated carbocycles. The molecule has 1 aromatic heterocycles. The Morgan fingerprint density at radius 1 is 1.06 bits per heavy atom. The summed E-state index contributed by atoms with van der Waals surface area (Å²) in [6, 6.07) is 6.27. The molecule has 3 nitrogen and oxygen atoms in total. The second-order valence-electron chi connectivity index (χ2n) is 4.12. The Kier molecular flexibility index (Phi) is 4.35. The molecule has 2 rings (SSSR count). The van der Waals surface area contributed by atoms with Gasteiger partial charge in [-0.05, 0) is 45.6 Å². The van der Waals surface area contributed by atoms with Crippen molar-refractivity contribution in [3.8, 4) is 11.8 Å². The maximum absolute atomic E-state index is 5.72. The Balaban J connectivity index is 2.31. The molecule has 1 aromatic carbocycles. The van der Waals surface area contributed by atoms with Crippen LogP contribution in [0.15, 0.2) is 39.5 Å². The molecule has 18 heavy (non-hydrogen) atoms. The molecule has 0 spiro atoms. The van der Waals surface area contributed by atoms with Crippen LogP contribution >= 0.6 is 31.9 Å². The fourth-order valence-electron chi connectivity index (χ4n) is 1.51. The number of nitrogens with zero attached hydrogens (tertiary/aromatic N) is 2. The molecule has 0 saturated heterocycles. The summed E-state index contributed by atoms with van der Waals surface area (Å²) in [4.78, 5) is 8.21. The summed E-state index contributed by atoms with van der Waals surface area (Å²) in [6.07, 6.45) is 3.33. The van der Waals surface area contributed by atoms with Crippen LogP contribution in [-0.4, -0.2) is 9.97 Å². The third-order valence-corrected chi connectivity index (χ3v) is 3.29. The van der Waals surface area contributed by atoms with Crippen LogP contribution < -0.4 is 4.74 Å². The number of ether oxygens (including phenoxy) is 1. The Morgan fingerprint density at radius 3 is 2.33 bits per heavy atom. The molecule has 0 aliphatic rings. The van der Waals surface area contributed by atoms with Gasteiger partial charge in [-0.15, -0.1) is 0 Å². The SMILES string of the molecule is CC(C)c1cc(Br)ccc1Oc1ncc(Br)cn1. The van der Waals surface area contributed by atoms with Crippen LogP contribution in [0.2, 0.25) is 0 Å². The summed E-state index contributed by atoms with van der Waals surface area (Å²) in [5, 5.41) is 0. The molecule has 0 aliphatic carbocycles. The molecule has 0 bridgehead atoms. The first kappa shape index (κ1) is 13.5. The van der Waals surface area contributed by atoms with Gasteiger partial charge >= 0.3 is 6.01 Å². The van der Waals surface area contributed by atoms with Crippen molar-refractivity contribution < 1.29 is 4.74 Å². The third-order valence-electron chi connectivity index (χ3n) is 2.39. The lowest BCUT2D eigenvalue weighted by atomic mass is 10.0. The maximum Gasteiger partial charge on any atom is 0.321 e. The zero-order chi connectivity index (χ0) is 13.1. The minimum absolute atomic E-state index is 0.349. The number of benzene rings is 1. The second-order valence-corrected chi connectivity index (χ2v) is 5.95. The van der Waals surface area contributed by atoms with Gasteiger partial charge in [-0.1, -0.05) is 29.8 Å². The quantitative estimate of drug-likeness (QED) is 0.768. The van der Waals surface area contributed by atoms with Gasteiger partial charge in [0.05, 0.1) is 4.47 Å².